The predicted octanol–water partition coefficient (Wildman–Crippen LogP) is 3.27. The maximum atomic E-state index is 6.22. The summed E-state index contributed by atoms with van der Waals surface area (Å²) in [5.41, 5.74) is 2.58. The second kappa shape index (κ2) is 5.93. The maximum Gasteiger partial charge on any atom is 0.254 e. The number of halogens is 1. The van der Waals surface area contributed by atoms with E-state index in [1.54, 1.807) is 15.4 Å². The first-order valence-corrected chi connectivity index (χ1v) is 7.88. The molecule has 0 aliphatic carbocycles. The summed E-state index contributed by atoms with van der Waals surface area (Å²) in [6, 6.07) is 9.51. The lowest BCUT2D eigenvalue weighted by atomic mass is 10.3. The van der Waals surface area contributed by atoms with Gasteiger partial charge in [-0.25, -0.2) is 9.67 Å². The summed E-state index contributed by atoms with van der Waals surface area (Å²) in [5, 5.41) is 12.5. The van der Waals surface area contributed by atoms with Crippen molar-refractivity contribution >= 4 is 28.9 Å². The molecule has 1 aromatic carbocycles. The van der Waals surface area contributed by atoms with Gasteiger partial charge in [-0.1, -0.05) is 30.7 Å². The Hall–Kier alpha value is -2.93. The molecule has 0 aliphatic heterocycles. The molecule has 0 atom stereocenters. The van der Waals surface area contributed by atoms with Crippen molar-refractivity contribution in [3.05, 3.63) is 59.8 Å². The zero-order chi connectivity index (χ0) is 16.5. The average molecular weight is 340 g/mol. The highest BCUT2D eigenvalue weighted by Gasteiger charge is 2.09. The largest absolute Gasteiger partial charge is 0.337 e. The number of rotatable bonds is 4. The molecule has 24 heavy (non-hydrogen) atoms. The molecule has 0 radical (unpaired) electrons. The van der Waals surface area contributed by atoms with Gasteiger partial charge in [0.2, 0.25) is 0 Å². The van der Waals surface area contributed by atoms with E-state index >= 15 is 0 Å². The number of aromatic nitrogens is 6. The number of fused-ring (bicyclic) bond motifs is 1. The van der Waals surface area contributed by atoms with Crippen LogP contribution in [-0.2, 0) is 6.42 Å². The van der Waals surface area contributed by atoms with E-state index in [0.29, 0.717) is 10.8 Å². The van der Waals surface area contributed by atoms with Gasteiger partial charge in [0.05, 0.1) is 28.8 Å². The van der Waals surface area contributed by atoms with Crippen LogP contribution in [0.5, 0.6) is 0 Å². The second-order valence-electron chi connectivity index (χ2n) is 5.21. The number of hydrogen-bond acceptors (Lipinski definition) is 5. The lowest BCUT2D eigenvalue weighted by Crippen LogP contribution is -2.03. The van der Waals surface area contributed by atoms with E-state index in [1.165, 1.54) is 6.33 Å². The van der Waals surface area contributed by atoms with E-state index in [4.69, 9.17) is 11.6 Å². The number of benzene rings is 1. The number of para-hydroxylation sites is 1. The van der Waals surface area contributed by atoms with Gasteiger partial charge in [-0.2, -0.15) is 19.7 Å². The molecule has 0 unspecified atom stereocenters. The Morgan fingerprint density at radius 2 is 2.08 bits per heavy atom. The van der Waals surface area contributed by atoms with E-state index in [0.717, 1.165) is 29.3 Å². The van der Waals surface area contributed by atoms with Gasteiger partial charge in [0.15, 0.2) is 0 Å². The third-order valence-corrected chi connectivity index (χ3v) is 3.94. The van der Waals surface area contributed by atoms with Gasteiger partial charge in [0.25, 0.3) is 5.78 Å². The van der Waals surface area contributed by atoms with Gasteiger partial charge in [0.1, 0.15) is 12.1 Å². The maximum absolute atomic E-state index is 6.22. The molecule has 0 saturated heterocycles. The number of nitrogens with zero attached hydrogens (tertiary/aromatic N) is 6. The van der Waals surface area contributed by atoms with E-state index in [9.17, 15) is 0 Å². The molecule has 0 aliphatic rings. The average Bonchev–Trinajstić information content (AvgIpc) is 3.24. The van der Waals surface area contributed by atoms with Crippen LogP contribution in [0.2, 0.25) is 5.02 Å². The molecule has 0 saturated carbocycles. The summed E-state index contributed by atoms with van der Waals surface area (Å²) in [6.07, 6.45) is 5.91. The molecule has 0 spiro atoms. The molecule has 120 valence electrons. The van der Waals surface area contributed by atoms with E-state index in [2.05, 4.69) is 32.4 Å². The summed E-state index contributed by atoms with van der Waals surface area (Å²) in [5.74, 6) is 1.35. The Kier molecular flexibility index (Phi) is 3.62. The molecule has 4 rings (SSSR count). The smallest absolute Gasteiger partial charge is 0.254 e. The Balaban J connectivity index is 1.70. The molecule has 4 aromatic rings. The minimum atomic E-state index is 0.565. The van der Waals surface area contributed by atoms with Crippen molar-refractivity contribution in [2.45, 2.75) is 13.3 Å². The minimum Gasteiger partial charge on any atom is -0.337 e. The van der Waals surface area contributed by atoms with Crippen LogP contribution in [0.25, 0.3) is 11.5 Å². The molecule has 0 fully saturated rings. The number of nitrogens with one attached hydrogen (secondary N) is 1. The summed E-state index contributed by atoms with van der Waals surface area (Å²) in [7, 11) is 0. The van der Waals surface area contributed by atoms with E-state index in [1.807, 2.05) is 36.5 Å². The summed E-state index contributed by atoms with van der Waals surface area (Å²) >= 11 is 6.22. The minimum absolute atomic E-state index is 0.565. The van der Waals surface area contributed by atoms with Crippen molar-refractivity contribution in [3.8, 4) is 5.69 Å². The Morgan fingerprint density at radius 3 is 2.92 bits per heavy atom. The highest BCUT2D eigenvalue weighted by Crippen LogP contribution is 2.22. The van der Waals surface area contributed by atoms with Crippen molar-refractivity contribution in [3.63, 3.8) is 0 Å². The van der Waals surface area contributed by atoms with E-state index in [-0.39, 0.29) is 0 Å². The molecule has 7 nitrogen and oxygen atoms in total. The number of hydrogen-bond donors (Lipinski definition) is 1. The number of anilines is 2. The Bertz CT molecular complexity index is 1000. The Morgan fingerprint density at radius 1 is 1.21 bits per heavy atom. The fourth-order valence-electron chi connectivity index (χ4n) is 2.44. The van der Waals surface area contributed by atoms with Crippen molar-refractivity contribution in [1.29, 1.82) is 0 Å². The lowest BCUT2D eigenvalue weighted by molar-refractivity contribution is 0.881. The van der Waals surface area contributed by atoms with Gasteiger partial charge < -0.3 is 5.32 Å². The highest BCUT2D eigenvalue weighted by atomic mass is 35.5. The molecule has 0 amide bonds. The van der Waals surface area contributed by atoms with Crippen molar-refractivity contribution < 1.29 is 0 Å². The molecular formula is C16H14ClN7. The van der Waals surface area contributed by atoms with E-state index < -0.39 is 0 Å². The molecule has 3 aromatic heterocycles. The predicted molar refractivity (Wildman–Crippen MR) is 92.0 cm³/mol. The number of aryl methyl sites for hydroxylation is 1. The normalized spacial score (nSPS) is 11.1. The first-order chi connectivity index (χ1) is 11.7. The van der Waals surface area contributed by atoms with Gasteiger partial charge in [0, 0.05) is 11.8 Å². The van der Waals surface area contributed by atoms with Crippen molar-refractivity contribution in [1.82, 2.24) is 29.4 Å². The van der Waals surface area contributed by atoms with Crippen LogP contribution >= 0.6 is 11.6 Å². The molecule has 8 heteroatoms. The van der Waals surface area contributed by atoms with Crippen LogP contribution in [0.15, 0.2) is 49.1 Å². The highest BCUT2D eigenvalue weighted by molar-refractivity contribution is 6.32. The second-order valence-corrected chi connectivity index (χ2v) is 5.62. The fraction of sp³-hybridized carbons (Fsp3) is 0.125. The summed E-state index contributed by atoms with van der Waals surface area (Å²) in [6.45, 7) is 2.05. The van der Waals surface area contributed by atoms with Gasteiger partial charge >= 0.3 is 0 Å². The quantitative estimate of drug-likeness (QED) is 0.617. The molecule has 3 heterocycles. The van der Waals surface area contributed by atoms with Crippen molar-refractivity contribution in [2.75, 3.05) is 5.32 Å². The third-order valence-electron chi connectivity index (χ3n) is 3.62. The lowest BCUT2D eigenvalue weighted by Gasteiger charge is -2.07. The molecule has 1 N–H and O–H groups in total. The molecular weight excluding hydrogens is 326 g/mol. The first-order valence-electron chi connectivity index (χ1n) is 7.51. The zero-order valence-electron chi connectivity index (χ0n) is 12.9. The topological polar surface area (TPSA) is 72.9 Å². The third kappa shape index (κ3) is 2.59. The van der Waals surface area contributed by atoms with Crippen LogP contribution in [0.3, 0.4) is 0 Å². The Labute approximate surface area is 142 Å². The van der Waals surface area contributed by atoms with Crippen LogP contribution in [0, 0.1) is 0 Å². The summed E-state index contributed by atoms with van der Waals surface area (Å²) < 4.78 is 3.39. The van der Waals surface area contributed by atoms with Crippen LogP contribution in [-0.4, -0.2) is 29.4 Å². The first kappa shape index (κ1) is 14.6. The van der Waals surface area contributed by atoms with Crippen molar-refractivity contribution in [2.24, 2.45) is 0 Å². The van der Waals surface area contributed by atoms with Gasteiger partial charge in [-0.15, -0.1) is 0 Å². The van der Waals surface area contributed by atoms with Crippen LogP contribution in [0.4, 0.5) is 11.5 Å². The van der Waals surface area contributed by atoms with Gasteiger partial charge in [-0.3, -0.25) is 0 Å². The van der Waals surface area contributed by atoms with Crippen LogP contribution in [0.1, 0.15) is 12.6 Å². The van der Waals surface area contributed by atoms with Crippen LogP contribution < -0.4 is 5.32 Å². The van der Waals surface area contributed by atoms with Gasteiger partial charge in [-0.05, 0) is 18.6 Å². The summed E-state index contributed by atoms with van der Waals surface area (Å²) in [4.78, 5) is 8.59. The standard InChI is InChI=1S/C16H14ClN7/c1-2-11-7-15(24-16(22-11)18-10-20-24)21-12-8-19-23(9-12)14-6-4-3-5-13(14)17/h3-10,21H,2H2,1H3. The zero-order valence-corrected chi connectivity index (χ0v) is 13.6. The molecule has 0 bridgehead atoms. The monoisotopic (exact) mass is 339 g/mol. The SMILES string of the molecule is CCc1cc(Nc2cnn(-c3ccccc3Cl)c2)n2ncnc2n1. The fourth-order valence-corrected chi connectivity index (χ4v) is 2.66.